The SMILES string of the molecule is CCCCCCCCCCCCCCCCCCCCCSCCCCCCCCCCCCCCCCCCCCC. The first-order valence-electron chi connectivity index (χ1n) is 21.0. The molecule has 0 saturated heterocycles. The van der Waals surface area contributed by atoms with E-state index in [2.05, 4.69) is 25.6 Å². The zero-order valence-electron chi connectivity index (χ0n) is 30.7. The van der Waals surface area contributed by atoms with Gasteiger partial charge in [0.05, 0.1) is 0 Å². The molecule has 0 amide bonds. The van der Waals surface area contributed by atoms with Gasteiger partial charge in [-0.2, -0.15) is 11.8 Å². The van der Waals surface area contributed by atoms with Crippen molar-refractivity contribution in [3.05, 3.63) is 0 Å². The van der Waals surface area contributed by atoms with Crippen LogP contribution < -0.4 is 0 Å². The van der Waals surface area contributed by atoms with E-state index in [0.29, 0.717) is 0 Å². The highest BCUT2D eigenvalue weighted by atomic mass is 32.2. The zero-order chi connectivity index (χ0) is 31.0. The molecule has 0 heterocycles. The Morgan fingerprint density at radius 1 is 0.186 bits per heavy atom. The van der Waals surface area contributed by atoms with Crippen LogP contribution in [0.2, 0.25) is 0 Å². The molecule has 0 atom stereocenters. The number of hydrogen-bond donors (Lipinski definition) is 0. The van der Waals surface area contributed by atoms with Gasteiger partial charge in [-0.15, -0.1) is 0 Å². The summed E-state index contributed by atoms with van der Waals surface area (Å²) in [5, 5.41) is 0. The van der Waals surface area contributed by atoms with Gasteiger partial charge in [0, 0.05) is 0 Å². The van der Waals surface area contributed by atoms with Gasteiger partial charge in [0.25, 0.3) is 0 Å². The van der Waals surface area contributed by atoms with Crippen molar-refractivity contribution >= 4 is 11.8 Å². The Labute approximate surface area is 280 Å². The van der Waals surface area contributed by atoms with E-state index in [0.717, 1.165) is 0 Å². The summed E-state index contributed by atoms with van der Waals surface area (Å²) >= 11 is 2.23. The first kappa shape index (κ1) is 43.4. The van der Waals surface area contributed by atoms with Crippen LogP contribution in [0.25, 0.3) is 0 Å². The number of rotatable bonds is 40. The maximum atomic E-state index is 2.31. The maximum absolute atomic E-state index is 2.31. The lowest BCUT2D eigenvalue weighted by molar-refractivity contribution is 0.524. The lowest BCUT2D eigenvalue weighted by Crippen LogP contribution is -1.87. The molecule has 0 aromatic carbocycles. The number of unbranched alkanes of at least 4 members (excludes halogenated alkanes) is 36. The van der Waals surface area contributed by atoms with E-state index >= 15 is 0 Å². The topological polar surface area (TPSA) is 0 Å². The molecule has 260 valence electrons. The lowest BCUT2D eigenvalue weighted by atomic mass is 10.0. The van der Waals surface area contributed by atoms with Crippen molar-refractivity contribution in [2.45, 2.75) is 258 Å². The quantitative estimate of drug-likeness (QED) is 0.0613. The summed E-state index contributed by atoms with van der Waals surface area (Å²) in [6.07, 6.45) is 56.2. The zero-order valence-corrected chi connectivity index (χ0v) is 31.5. The minimum atomic E-state index is 1.37. The van der Waals surface area contributed by atoms with Crippen LogP contribution in [-0.2, 0) is 0 Å². The van der Waals surface area contributed by atoms with Crippen molar-refractivity contribution in [3.8, 4) is 0 Å². The molecule has 0 saturated carbocycles. The van der Waals surface area contributed by atoms with Crippen LogP contribution in [0.15, 0.2) is 0 Å². The minimum Gasteiger partial charge on any atom is -0.162 e. The molecule has 0 radical (unpaired) electrons. The molecule has 0 aromatic heterocycles. The highest BCUT2D eigenvalue weighted by molar-refractivity contribution is 7.99. The average molecular weight is 623 g/mol. The van der Waals surface area contributed by atoms with Crippen molar-refractivity contribution in [2.24, 2.45) is 0 Å². The molecule has 1 heteroatoms. The van der Waals surface area contributed by atoms with Crippen molar-refractivity contribution in [1.29, 1.82) is 0 Å². The van der Waals surface area contributed by atoms with E-state index in [4.69, 9.17) is 0 Å². The fourth-order valence-corrected chi connectivity index (χ4v) is 7.69. The van der Waals surface area contributed by atoms with E-state index in [9.17, 15) is 0 Å². The van der Waals surface area contributed by atoms with Gasteiger partial charge < -0.3 is 0 Å². The molecular formula is C42H86S. The highest BCUT2D eigenvalue weighted by Crippen LogP contribution is 2.17. The van der Waals surface area contributed by atoms with Crippen LogP contribution in [0, 0.1) is 0 Å². The summed E-state index contributed by atoms with van der Waals surface area (Å²) in [5.74, 6) is 2.83. The number of hydrogen-bond acceptors (Lipinski definition) is 1. The molecule has 0 fully saturated rings. The third kappa shape index (κ3) is 42.4. The molecule has 0 N–H and O–H groups in total. The summed E-state index contributed by atoms with van der Waals surface area (Å²) in [7, 11) is 0. The molecule has 0 rings (SSSR count). The van der Waals surface area contributed by atoms with Crippen molar-refractivity contribution in [2.75, 3.05) is 11.5 Å². The Balaban J connectivity index is 3.02. The third-order valence-electron chi connectivity index (χ3n) is 9.78. The third-order valence-corrected chi connectivity index (χ3v) is 10.9. The highest BCUT2D eigenvalue weighted by Gasteiger charge is 1.98. The summed E-state index contributed by atoms with van der Waals surface area (Å²) in [6, 6.07) is 0. The second-order valence-corrected chi connectivity index (χ2v) is 15.6. The fourth-order valence-electron chi connectivity index (χ4n) is 6.67. The van der Waals surface area contributed by atoms with E-state index in [1.165, 1.54) is 255 Å². The van der Waals surface area contributed by atoms with Gasteiger partial charge in [-0.3, -0.25) is 0 Å². The van der Waals surface area contributed by atoms with Crippen LogP contribution in [-0.4, -0.2) is 11.5 Å². The Hall–Kier alpha value is 0.350. The first-order valence-corrected chi connectivity index (χ1v) is 22.1. The summed E-state index contributed by atoms with van der Waals surface area (Å²) in [4.78, 5) is 0. The van der Waals surface area contributed by atoms with Crippen LogP contribution in [0.3, 0.4) is 0 Å². The molecule has 43 heavy (non-hydrogen) atoms. The molecule has 0 aliphatic carbocycles. The van der Waals surface area contributed by atoms with Gasteiger partial charge >= 0.3 is 0 Å². The summed E-state index contributed by atoms with van der Waals surface area (Å²) in [5.41, 5.74) is 0. The predicted molar refractivity (Wildman–Crippen MR) is 204 cm³/mol. The van der Waals surface area contributed by atoms with Crippen LogP contribution in [0.1, 0.15) is 258 Å². The molecule has 0 spiro atoms. The summed E-state index contributed by atoms with van der Waals surface area (Å²) < 4.78 is 0. The first-order chi connectivity index (χ1) is 21.4. The van der Waals surface area contributed by atoms with E-state index in [-0.39, 0.29) is 0 Å². The predicted octanol–water partition coefficient (Wildman–Crippen LogP) is 16.6. The van der Waals surface area contributed by atoms with Crippen molar-refractivity contribution < 1.29 is 0 Å². The molecule has 0 aliphatic heterocycles. The standard InChI is InChI=1S/C42H86S/c1-3-5-7-9-11-13-15-17-19-21-23-25-27-29-31-33-35-37-39-41-43-42-40-38-36-34-32-30-28-26-24-22-20-18-16-14-12-10-8-6-4-2/h3-42H2,1-2H3. The number of thioether (sulfide) groups is 1. The van der Waals surface area contributed by atoms with Crippen LogP contribution in [0.5, 0.6) is 0 Å². The van der Waals surface area contributed by atoms with Crippen LogP contribution in [0.4, 0.5) is 0 Å². The normalized spacial score (nSPS) is 11.6. The van der Waals surface area contributed by atoms with Crippen molar-refractivity contribution in [3.63, 3.8) is 0 Å². The summed E-state index contributed by atoms with van der Waals surface area (Å²) in [6.45, 7) is 4.62. The molecule has 0 unspecified atom stereocenters. The van der Waals surface area contributed by atoms with Gasteiger partial charge in [-0.05, 0) is 24.3 Å². The second kappa shape index (κ2) is 42.3. The fraction of sp³-hybridized carbons (Fsp3) is 1.00. The Bertz CT molecular complexity index is 406. The van der Waals surface area contributed by atoms with E-state index in [1.54, 1.807) is 0 Å². The molecule has 0 bridgehead atoms. The molecule has 0 aromatic rings. The molecule has 0 aliphatic rings. The van der Waals surface area contributed by atoms with Gasteiger partial charge in [0.2, 0.25) is 0 Å². The van der Waals surface area contributed by atoms with Gasteiger partial charge in [-0.1, -0.05) is 245 Å². The average Bonchev–Trinajstić information content (AvgIpc) is 3.02. The molecule has 0 nitrogen and oxygen atoms in total. The Morgan fingerprint density at radius 3 is 0.488 bits per heavy atom. The Kier molecular flexibility index (Phi) is 42.7. The van der Waals surface area contributed by atoms with Gasteiger partial charge in [0.15, 0.2) is 0 Å². The minimum absolute atomic E-state index is 1.37. The van der Waals surface area contributed by atoms with Crippen LogP contribution >= 0.6 is 11.8 Å². The van der Waals surface area contributed by atoms with Crippen molar-refractivity contribution in [1.82, 2.24) is 0 Å². The lowest BCUT2D eigenvalue weighted by Gasteiger charge is -2.05. The Morgan fingerprint density at radius 2 is 0.326 bits per heavy atom. The largest absolute Gasteiger partial charge is 0.162 e. The second-order valence-electron chi connectivity index (χ2n) is 14.3. The molecular weight excluding hydrogens is 537 g/mol. The maximum Gasteiger partial charge on any atom is -0.00675 e. The smallest absolute Gasteiger partial charge is 0.00675 e. The van der Waals surface area contributed by atoms with Gasteiger partial charge in [-0.25, -0.2) is 0 Å². The van der Waals surface area contributed by atoms with E-state index < -0.39 is 0 Å². The monoisotopic (exact) mass is 623 g/mol. The van der Waals surface area contributed by atoms with E-state index in [1.807, 2.05) is 0 Å². The van der Waals surface area contributed by atoms with Gasteiger partial charge in [0.1, 0.15) is 0 Å².